The molecular weight excluding hydrogens is 288 g/mol. The molecule has 1 aliphatic rings. The van der Waals surface area contributed by atoms with E-state index < -0.39 is 0 Å². The summed E-state index contributed by atoms with van der Waals surface area (Å²) in [5.41, 5.74) is 5.93. The predicted molar refractivity (Wildman–Crippen MR) is 82.0 cm³/mol. The number of nitrogens with two attached hydrogens (primary N) is 1. The van der Waals surface area contributed by atoms with Gasteiger partial charge in [-0.1, -0.05) is 0 Å². The van der Waals surface area contributed by atoms with Crippen molar-refractivity contribution in [2.45, 2.75) is 39.3 Å². The molecule has 21 heavy (non-hydrogen) atoms. The molecule has 0 aliphatic carbocycles. The highest BCUT2D eigenvalue weighted by Crippen LogP contribution is 2.22. The van der Waals surface area contributed by atoms with E-state index in [1.54, 1.807) is 15.2 Å². The third-order valence-corrected chi connectivity index (χ3v) is 4.69. The fraction of sp³-hybridized carbons (Fsp3) is 0.643. The van der Waals surface area contributed by atoms with Crippen LogP contribution in [0.3, 0.4) is 0 Å². The van der Waals surface area contributed by atoms with Crippen molar-refractivity contribution < 1.29 is 9.59 Å². The molecule has 1 saturated heterocycles. The van der Waals surface area contributed by atoms with Crippen LogP contribution in [0.4, 0.5) is 0 Å². The second-order valence-corrected chi connectivity index (χ2v) is 5.94. The van der Waals surface area contributed by atoms with Gasteiger partial charge in [-0.25, -0.2) is 4.98 Å². The third kappa shape index (κ3) is 3.24. The number of amides is 2. The molecule has 7 heteroatoms. The molecule has 1 aromatic heterocycles. The quantitative estimate of drug-likeness (QED) is 0.882. The van der Waals surface area contributed by atoms with Gasteiger partial charge in [-0.05, 0) is 26.7 Å². The Morgan fingerprint density at radius 1 is 1.48 bits per heavy atom. The second-order valence-electron chi connectivity index (χ2n) is 5.00. The maximum Gasteiger partial charge on any atom is 0.274 e. The van der Waals surface area contributed by atoms with E-state index in [9.17, 15) is 9.59 Å². The van der Waals surface area contributed by atoms with Crippen LogP contribution in [0, 0.1) is 0 Å². The molecule has 2 heterocycles. The summed E-state index contributed by atoms with van der Waals surface area (Å²) in [6, 6.07) is -0.347. The van der Waals surface area contributed by atoms with E-state index in [4.69, 9.17) is 5.73 Å². The largest absolute Gasteiger partial charge is 0.341 e. The Morgan fingerprint density at radius 3 is 2.76 bits per heavy atom. The first kappa shape index (κ1) is 15.9. The van der Waals surface area contributed by atoms with Gasteiger partial charge in [-0.15, -0.1) is 11.3 Å². The number of rotatable bonds is 5. The zero-order chi connectivity index (χ0) is 15.4. The molecule has 2 rings (SSSR count). The molecule has 0 aromatic carbocycles. The summed E-state index contributed by atoms with van der Waals surface area (Å²) in [7, 11) is 0. The maximum atomic E-state index is 12.5. The van der Waals surface area contributed by atoms with Crippen LogP contribution in [0.25, 0.3) is 0 Å². The maximum absolute atomic E-state index is 12.5. The summed E-state index contributed by atoms with van der Waals surface area (Å²) in [6.07, 6.45) is 1.59. The van der Waals surface area contributed by atoms with Gasteiger partial charge in [0, 0.05) is 31.6 Å². The number of thiazole rings is 1. The van der Waals surface area contributed by atoms with Crippen molar-refractivity contribution >= 4 is 23.2 Å². The minimum Gasteiger partial charge on any atom is -0.341 e. The number of hydrogen-bond acceptors (Lipinski definition) is 5. The third-order valence-electron chi connectivity index (χ3n) is 3.82. The van der Waals surface area contributed by atoms with Crippen LogP contribution < -0.4 is 5.73 Å². The van der Waals surface area contributed by atoms with E-state index in [1.165, 1.54) is 11.3 Å². The summed E-state index contributed by atoms with van der Waals surface area (Å²) < 4.78 is 0. The van der Waals surface area contributed by atoms with Gasteiger partial charge in [-0.2, -0.15) is 0 Å². The van der Waals surface area contributed by atoms with E-state index in [-0.39, 0.29) is 17.9 Å². The normalized spacial score (nSPS) is 18.0. The molecule has 1 unspecified atom stereocenters. The van der Waals surface area contributed by atoms with Crippen LogP contribution in [-0.4, -0.2) is 52.3 Å². The lowest BCUT2D eigenvalue weighted by molar-refractivity contribution is -0.134. The number of nitrogens with zero attached hydrogens (tertiary/aromatic N) is 3. The predicted octanol–water partition coefficient (Wildman–Crippen LogP) is 1.07. The number of likely N-dealkylation sites (tertiary alicyclic amines) is 1. The zero-order valence-electron chi connectivity index (χ0n) is 12.5. The molecule has 0 saturated carbocycles. The van der Waals surface area contributed by atoms with Gasteiger partial charge in [0.2, 0.25) is 5.91 Å². The van der Waals surface area contributed by atoms with Crippen molar-refractivity contribution in [3.8, 4) is 0 Å². The Balaban J connectivity index is 2.14. The summed E-state index contributed by atoms with van der Waals surface area (Å²) in [5.74, 6) is -0.117. The van der Waals surface area contributed by atoms with E-state index in [0.717, 1.165) is 17.8 Å². The minimum atomic E-state index is -0.347. The van der Waals surface area contributed by atoms with Gasteiger partial charge >= 0.3 is 0 Å². The van der Waals surface area contributed by atoms with Gasteiger partial charge in [0.15, 0.2) is 0 Å². The van der Waals surface area contributed by atoms with Gasteiger partial charge in [0.1, 0.15) is 16.7 Å². The smallest absolute Gasteiger partial charge is 0.274 e. The molecule has 1 fully saturated rings. The Bertz CT molecular complexity index is 513. The van der Waals surface area contributed by atoms with Crippen molar-refractivity contribution in [1.29, 1.82) is 0 Å². The molecule has 1 aromatic rings. The van der Waals surface area contributed by atoms with Crippen molar-refractivity contribution in [2.75, 3.05) is 19.6 Å². The summed E-state index contributed by atoms with van der Waals surface area (Å²) in [5, 5.41) is 2.46. The van der Waals surface area contributed by atoms with Crippen LogP contribution in [0.15, 0.2) is 5.38 Å². The standard InChI is InChI=1S/C14H22N4O2S/c1-3-17(4-2)14(20)11-6-5-7-18(11)13(19)10-9-21-12(8-15)16-10/h9,11H,3-8,15H2,1-2H3. The van der Waals surface area contributed by atoms with Crippen molar-refractivity contribution in [3.05, 3.63) is 16.1 Å². The number of carbonyl (C=O) groups is 2. The lowest BCUT2D eigenvalue weighted by atomic mass is 10.2. The average Bonchev–Trinajstić information content (AvgIpc) is 3.16. The highest BCUT2D eigenvalue weighted by molar-refractivity contribution is 7.09. The fourth-order valence-electron chi connectivity index (χ4n) is 2.66. The van der Waals surface area contributed by atoms with Gasteiger partial charge < -0.3 is 15.5 Å². The first-order valence-corrected chi connectivity index (χ1v) is 8.24. The fourth-order valence-corrected chi connectivity index (χ4v) is 3.31. The molecule has 6 nitrogen and oxygen atoms in total. The van der Waals surface area contributed by atoms with Crippen LogP contribution in [0.1, 0.15) is 42.2 Å². The van der Waals surface area contributed by atoms with Crippen LogP contribution in [-0.2, 0) is 11.3 Å². The van der Waals surface area contributed by atoms with Gasteiger partial charge in [0.25, 0.3) is 5.91 Å². The van der Waals surface area contributed by atoms with E-state index in [2.05, 4.69) is 4.98 Å². The minimum absolute atomic E-state index is 0.0418. The van der Waals surface area contributed by atoms with E-state index in [0.29, 0.717) is 31.9 Å². The monoisotopic (exact) mass is 310 g/mol. The summed E-state index contributed by atoms with van der Waals surface area (Å²) in [4.78, 5) is 32.7. The second kappa shape index (κ2) is 7.00. The van der Waals surface area contributed by atoms with E-state index >= 15 is 0 Å². The van der Waals surface area contributed by atoms with Crippen LogP contribution in [0.2, 0.25) is 0 Å². The molecule has 1 aliphatic heterocycles. The highest BCUT2D eigenvalue weighted by atomic mass is 32.1. The molecule has 0 spiro atoms. The number of carbonyl (C=O) groups excluding carboxylic acids is 2. The zero-order valence-corrected chi connectivity index (χ0v) is 13.4. The molecule has 0 bridgehead atoms. The molecule has 1 atom stereocenters. The molecule has 0 radical (unpaired) electrons. The Hall–Kier alpha value is -1.47. The first-order valence-electron chi connectivity index (χ1n) is 7.36. The summed E-state index contributed by atoms with van der Waals surface area (Å²) >= 11 is 1.38. The van der Waals surface area contributed by atoms with Crippen molar-refractivity contribution in [3.63, 3.8) is 0 Å². The Kier molecular flexibility index (Phi) is 5.30. The lowest BCUT2D eigenvalue weighted by Gasteiger charge is -2.28. The summed E-state index contributed by atoms with van der Waals surface area (Å²) in [6.45, 7) is 6.20. The molecular formula is C14H22N4O2S. The first-order chi connectivity index (χ1) is 10.1. The van der Waals surface area contributed by atoms with Crippen molar-refractivity contribution in [1.82, 2.24) is 14.8 Å². The van der Waals surface area contributed by atoms with Gasteiger partial charge in [0.05, 0.1) is 0 Å². The molecule has 2 N–H and O–H groups in total. The number of aromatic nitrogens is 1. The Labute approximate surface area is 128 Å². The number of likely N-dealkylation sites (N-methyl/N-ethyl adjacent to an activating group) is 1. The SMILES string of the molecule is CCN(CC)C(=O)C1CCCN1C(=O)c1csc(CN)n1. The topological polar surface area (TPSA) is 79.5 Å². The lowest BCUT2D eigenvalue weighted by Crippen LogP contribution is -2.47. The average molecular weight is 310 g/mol. The van der Waals surface area contributed by atoms with Crippen LogP contribution >= 0.6 is 11.3 Å². The number of hydrogen-bond donors (Lipinski definition) is 1. The Morgan fingerprint density at radius 2 is 2.19 bits per heavy atom. The van der Waals surface area contributed by atoms with Crippen LogP contribution in [0.5, 0.6) is 0 Å². The van der Waals surface area contributed by atoms with E-state index in [1.807, 2.05) is 13.8 Å². The highest BCUT2D eigenvalue weighted by Gasteiger charge is 2.36. The molecule has 116 valence electrons. The van der Waals surface area contributed by atoms with Gasteiger partial charge in [-0.3, -0.25) is 9.59 Å². The molecule has 2 amide bonds. The van der Waals surface area contributed by atoms with Crippen molar-refractivity contribution in [2.24, 2.45) is 5.73 Å².